The van der Waals surface area contributed by atoms with Crippen molar-refractivity contribution >= 4 is 5.69 Å². The van der Waals surface area contributed by atoms with Crippen molar-refractivity contribution in [3.8, 4) is 17.2 Å². The number of ether oxygens (including phenoxy) is 3. The van der Waals surface area contributed by atoms with E-state index in [4.69, 9.17) is 14.2 Å². The standard InChI is InChI=1S/C22H21NO3/c1-2-5-17(6-3-1)16-26-20-8-4-7-18(13-20)15-23-19-9-10-21-22(14-19)25-12-11-24-21/h1-10,13-14,23H,11-12,15-16H2. The molecule has 1 aliphatic heterocycles. The van der Waals surface area contributed by atoms with Gasteiger partial charge in [-0.05, 0) is 35.4 Å². The number of rotatable bonds is 6. The first-order valence-electron chi connectivity index (χ1n) is 8.76. The maximum atomic E-state index is 5.89. The summed E-state index contributed by atoms with van der Waals surface area (Å²) in [5, 5.41) is 3.42. The normalized spacial score (nSPS) is 12.5. The van der Waals surface area contributed by atoms with Crippen molar-refractivity contribution in [1.29, 1.82) is 0 Å². The Balaban J connectivity index is 1.36. The van der Waals surface area contributed by atoms with Gasteiger partial charge in [0.15, 0.2) is 11.5 Å². The quantitative estimate of drug-likeness (QED) is 0.705. The molecule has 4 rings (SSSR count). The molecule has 0 saturated carbocycles. The molecule has 3 aromatic rings. The lowest BCUT2D eigenvalue weighted by Gasteiger charge is -2.19. The molecule has 0 bridgehead atoms. The number of nitrogens with one attached hydrogen (secondary N) is 1. The number of anilines is 1. The number of hydrogen-bond acceptors (Lipinski definition) is 4. The lowest BCUT2D eigenvalue weighted by molar-refractivity contribution is 0.171. The van der Waals surface area contributed by atoms with E-state index in [-0.39, 0.29) is 0 Å². The fourth-order valence-electron chi connectivity index (χ4n) is 2.84. The molecule has 1 aliphatic rings. The van der Waals surface area contributed by atoms with Crippen LogP contribution in [0.15, 0.2) is 72.8 Å². The third kappa shape index (κ3) is 4.09. The van der Waals surface area contributed by atoms with Crippen LogP contribution in [0.25, 0.3) is 0 Å². The van der Waals surface area contributed by atoms with Gasteiger partial charge in [0.1, 0.15) is 25.6 Å². The topological polar surface area (TPSA) is 39.7 Å². The Morgan fingerprint density at radius 2 is 1.58 bits per heavy atom. The van der Waals surface area contributed by atoms with Crippen LogP contribution in [-0.2, 0) is 13.2 Å². The highest BCUT2D eigenvalue weighted by Gasteiger charge is 2.11. The van der Waals surface area contributed by atoms with Gasteiger partial charge in [-0.1, -0.05) is 42.5 Å². The first-order chi connectivity index (χ1) is 12.9. The average molecular weight is 347 g/mol. The van der Waals surface area contributed by atoms with E-state index in [1.165, 1.54) is 0 Å². The summed E-state index contributed by atoms with van der Waals surface area (Å²) in [6, 6.07) is 24.2. The van der Waals surface area contributed by atoms with Gasteiger partial charge in [-0.3, -0.25) is 0 Å². The van der Waals surface area contributed by atoms with Crippen molar-refractivity contribution < 1.29 is 14.2 Å². The van der Waals surface area contributed by atoms with Gasteiger partial charge in [-0.15, -0.1) is 0 Å². The SMILES string of the molecule is c1ccc(COc2cccc(CNc3ccc4c(c3)OCCO4)c2)cc1. The molecule has 0 saturated heterocycles. The minimum Gasteiger partial charge on any atom is -0.489 e. The van der Waals surface area contributed by atoms with Gasteiger partial charge in [0.25, 0.3) is 0 Å². The summed E-state index contributed by atoms with van der Waals surface area (Å²) < 4.78 is 17.1. The monoisotopic (exact) mass is 347 g/mol. The maximum absolute atomic E-state index is 5.89. The van der Waals surface area contributed by atoms with Crippen molar-refractivity contribution in [2.45, 2.75) is 13.2 Å². The number of hydrogen-bond donors (Lipinski definition) is 1. The Bertz CT molecular complexity index is 864. The molecule has 0 aromatic heterocycles. The molecule has 132 valence electrons. The zero-order valence-electron chi connectivity index (χ0n) is 14.5. The number of benzene rings is 3. The Kier molecular flexibility index (Phi) is 4.92. The fourth-order valence-corrected chi connectivity index (χ4v) is 2.84. The van der Waals surface area contributed by atoms with Crippen molar-refractivity contribution in [2.24, 2.45) is 0 Å². The van der Waals surface area contributed by atoms with Crippen LogP contribution in [0.2, 0.25) is 0 Å². The molecule has 4 nitrogen and oxygen atoms in total. The fraction of sp³-hybridized carbons (Fsp3) is 0.182. The average Bonchev–Trinajstić information content (AvgIpc) is 2.72. The van der Waals surface area contributed by atoms with E-state index in [0.717, 1.165) is 34.1 Å². The summed E-state index contributed by atoms with van der Waals surface area (Å²) in [5.41, 5.74) is 3.32. The molecule has 0 amide bonds. The van der Waals surface area contributed by atoms with Crippen LogP contribution in [0.3, 0.4) is 0 Å². The van der Waals surface area contributed by atoms with Crippen molar-refractivity contribution in [3.63, 3.8) is 0 Å². The molecule has 0 fully saturated rings. The van der Waals surface area contributed by atoms with Gasteiger partial charge in [0.2, 0.25) is 0 Å². The van der Waals surface area contributed by atoms with Gasteiger partial charge in [0, 0.05) is 18.3 Å². The van der Waals surface area contributed by atoms with E-state index in [0.29, 0.717) is 26.4 Å². The first-order valence-corrected chi connectivity index (χ1v) is 8.76. The molecule has 1 heterocycles. The lowest BCUT2D eigenvalue weighted by atomic mass is 10.2. The van der Waals surface area contributed by atoms with Crippen LogP contribution in [0.4, 0.5) is 5.69 Å². The summed E-state index contributed by atoms with van der Waals surface area (Å²) in [6.45, 7) is 2.48. The Morgan fingerprint density at radius 3 is 2.46 bits per heavy atom. The van der Waals surface area contributed by atoms with Crippen molar-refractivity contribution in [2.75, 3.05) is 18.5 Å². The highest BCUT2D eigenvalue weighted by Crippen LogP contribution is 2.32. The second kappa shape index (κ2) is 7.83. The zero-order chi connectivity index (χ0) is 17.6. The van der Waals surface area contributed by atoms with Gasteiger partial charge in [-0.2, -0.15) is 0 Å². The second-order valence-corrected chi connectivity index (χ2v) is 6.13. The summed E-state index contributed by atoms with van der Waals surface area (Å²) >= 11 is 0. The van der Waals surface area contributed by atoms with E-state index in [2.05, 4.69) is 29.6 Å². The smallest absolute Gasteiger partial charge is 0.163 e. The predicted molar refractivity (Wildman–Crippen MR) is 102 cm³/mol. The maximum Gasteiger partial charge on any atom is 0.163 e. The van der Waals surface area contributed by atoms with E-state index >= 15 is 0 Å². The minimum atomic E-state index is 0.569. The summed E-state index contributed by atoms with van der Waals surface area (Å²) in [6.07, 6.45) is 0. The summed E-state index contributed by atoms with van der Waals surface area (Å²) in [5.74, 6) is 2.47. The van der Waals surface area contributed by atoms with E-state index < -0.39 is 0 Å². The van der Waals surface area contributed by atoms with Crippen LogP contribution in [0, 0.1) is 0 Å². The van der Waals surface area contributed by atoms with E-state index in [1.54, 1.807) is 0 Å². The second-order valence-electron chi connectivity index (χ2n) is 6.13. The summed E-state index contributed by atoms with van der Waals surface area (Å²) in [4.78, 5) is 0. The largest absolute Gasteiger partial charge is 0.489 e. The van der Waals surface area contributed by atoms with Gasteiger partial charge < -0.3 is 19.5 Å². The molecule has 3 aromatic carbocycles. The van der Waals surface area contributed by atoms with E-state index in [9.17, 15) is 0 Å². The third-order valence-electron chi connectivity index (χ3n) is 4.19. The predicted octanol–water partition coefficient (Wildman–Crippen LogP) is 4.65. The van der Waals surface area contributed by atoms with Gasteiger partial charge in [-0.25, -0.2) is 0 Å². The molecule has 0 unspecified atom stereocenters. The summed E-state index contributed by atoms with van der Waals surface area (Å²) in [7, 11) is 0. The lowest BCUT2D eigenvalue weighted by Crippen LogP contribution is -2.15. The van der Waals surface area contributed by atoms with E-state index in [1.807, 2.05) is 48.5 Å². The van der Waals surface area contributed by atoms with Gasteiger partial charge in [0.05, 0.1) is 0 Å². The highest BCUT2D eigenvalue weighted by atomic mass is 16.6. The Hall–Kier alpha value is -3.14. The number of fused-ring (bicyclic) bond motifs is 1. The molecular weight excluding hydrogens is 326 g/mol. The molecule has 0 atom stereocenters. The molecule has 0 spiro atoms. The van der Waals surface area contributed by atoms with Crippen molar-refractivity contribution in [3.05, 3.63) is 83.9 Å². The van der Waals surface area contributed by atoms with Crippen LogP contribution in [0.5, 0.6) is 17.2 Å². The van der Waals surface area contributed by atoms with Crippen molar-refractivity contribution in [1.82, 2.24) is 0 Å². The third-order valence-corrected chi connectivity index (χ3v) is 4.19. The molecule has 0 aliphatic carbocycles. The molecule has 1 N–H and O–H groups in total. The molecule has 0 radical (unpaired) electrons. The Labute approximate surface area is 153 Å². The zero-order valence-corrected chi connectivity index (χ0v) is 14.5. The molecular formula is C22H21NO3. The van der Waals surface area contributed by atoms with Gasteiger partial charge >= 0.3 is 0 Å². The minimum absolute atomic E-state index is 0.569. The van der Waals surface area contributed by atoms with Crippen LogP contribution >= 0.6 is 0 Å². The van der Waals surface area contributed by atoms with Crippen LogP contribution < -0.4 is 19.5 Å². The first kappa shape index (κ1) is 16.3. The highest BCUT2D eigenvalue weighted by molar-refractivity contribution is 5.55. The molecule has 26 heavy (non-hydrogen) atoms. The molecule has 4 heteroatoms. The van der Waals surface area contributed by atoms with Crippen LogP contribution in [-0.4, -0.2) is 13.2 Å². The van der Waals surface area contributed by atoms with Crippen LogP contribution in [0.1, 0.15) is 11.1 Å². The Morgan fingerprint density at radius 1 is 0.769 bits per heavy atom.